The Morgan fingerprint density at radius 2 is 2.14 bits per heavy atom. The molecule has 1 aliphatic carbocycles. The number of nitrogens with one attached hydrogen (secondary N) is 1. The van der Waals surface area contributed by atoms with E-state index in [-0.39, 0.29) is 6.10 Å². The lowest BCUT2D eigenvalue weighted by molar-refractivity contribution is 0.109. The van der Waals surface area contributed by atoms with Gasteiger partial charge in [-0.1, -0.05) is 19.1 Å². The van der Waals surface area contributed by atoms with Crippen molar-refractivity contribution in [2.45, 2.75) is 50.7 Å². The first-order valence-corrected chi connectivity index (χ1v) is 7.69. The van der Waals surface area contributed by atoms with Crippen LogP contribution in [0.5, 0.6) is 11.5 Å². The molecule has 0 spiro atoms. The third-order valence-electron chi connectivity index (χ3n) is 4.00. The molecular weight excluding hydrogens is 264 g/mol. The zero-order chi connectivity index (χ0) is 15.1. The van der Waals surface area contributed by atoms with Crippen molar-refractivity contribution in [1.29, 1.82) is 5.26 Å². The molecule has 2 atom stereocenters. The minimum Gasteiger partial charge on any atom is -0.493 e. The lowest BCUT2D eigenvalue weighted by Crippen LogP contribution is -2.50. The molecule has 0 saturated heterocycles. The number of benzene rings is 1. The fourth-order valence-electron chi connectivity index (χ4n) is 2.89. The summed E-state index contributed by atoms with van der Waals surface area (Å²) in [5.74, 6) is 1.50. The van der Waals surface area contributed by atoms with Gasteiger partial charge in [-0.3, -0.25) is 5.32 Å². The predicted molar refractivity (Wildman–Crippen MR) is 82.5 cm³/mol. The van der Waals surface area contributed by atoms with E-state index < -0.39 is 5.54 Å². The minimum atomic E-state index is -0.444. The largest absolute Gasteiger partial charge is 0.493 e. The Morgan fingerprint density at radius 1 is 1.38 bits per heavy atom. The van der Waals surface area contributed by atoms with Gasteiger partial charge in [-0.25, -0.2) is 0 Å². The van der Waals surface area contributed by atoms with Gasteiger partial charge in [0.15, 0.2) is 11.5 Å². The Kier molecular flexibility index (Phi) is 5.46. The van der Waals surface area contributed by atoms with Crippen LogP contribution in [0, 0.1) is 11.3 Å². The number of nitrogens with zero attached hydrogens (tertiary/aromatic N) is 1. The van der Waals surface area contributed by atoms with E-state index in [0.717, 1.165) is 50.1 Å². The SMILES string of the molecule is CCCNC1(C#N)CCCC(Oc2ccccc2OC)C1. The topological polar surface area (TPSA) is 54.3 Å². The maximum atomic E-state index is 9.56. The molecule has 0 aliphatic heterocycles. The highest BCUT2D eigenvalue weighted by molar-refractivity contribution is 5.39. The van der Waals surface area contributed by atoms with Gasteiger partial charge in [0.25, 0.3) is 0 Å². The average molecular weight is 288 g/mol. The Morgan fingerprint density at radius 3 is 2.81 bits per heavy atom. The summed E-state index contributed by atoms with van der Waals surface area (Å²) in [6.45, 7) is 2.98. The van der Waals surface area contributed by atoms with Gasteiger partial charge in [-0.15, -0.1) is 0 Å². The van der Waals surface area contributed by atoms with Crippen LogP contribution in [0.4, 0.5) is 0 Å². The maximum absolute atomic E-state index is 9.56. The summed E-state index contributed by atoms with van der Waals surface area (Å²) in [5.41, 5.74) is -0.444. The van der Waals surface area contributed by atoms with E-state index >= 15 is 0 Å². The van der Waals surface area contributed by atoms with Crippen molar-refractivity contribution >= 4 is 0 Å². The highest BCUT2D eigenvalue weighted by Gasteiger charge is 2.37. The third-order valence-corrected chi connectivity index (χ3v) is 4.00. The Bertz CT molecular complexity index is 498. The van der Waals surface area contributed by atoms with Crippen LogP contribution in [-0.2, 0) is 0 Å². The normalized spacial score (nSPS) is 25.1. The fraction of sp³-hybridized carbons (Fsp3) is 0.588. The smallest absolute Gasteiger partial charge is 0.161 e. The second kappa shape index (κ2) is 7.33. The minimum absolute atomic E-state index is 0.0547. The third kappa shape index (κ3) is 3.89. The lowest BCUT2D eigenvalue weighted by atomic mass is 9.81. The van der Waals surface area contributed by atoms with E-state index in [4.69, 9.17) is 9.47 Å². The van der Waals surface area contributed by atoms with Crippen LogP contribution in [0.15, 0.2) is 24.3 Å². The molecule has 1 aromatic rings. The molecule has 21 heavy (non-hydrogen) atoms. The molecule has 1 saturated carbocycles. The standard InChI is InChI=1S/C17H24N2O2/c1-3-11-19-17(13-18)10-6-7-14(12-17)21-16-9-5-4-8-15(16)20-2/h4-5,8-9,14,19H,3,6-7,10-12H2,1-2H3. The van der Waals surface area contributed by atoms with Crippen molar-refractivity contribution in [3.05, 3.63) is 24.3 Å². The van der Waals surface area contributed by atoms with E-state index in [2.05, 4.69) is 18.3 Å². The zero-order valence-corrected chi connectivity index (χ0v) is 12.9. The van der Waals surface area contributed by atoms with Crippen molar-refractivity contribution in [3.63, 3.8) is 0 Å². The van der Waals surface area contributed by atoms with Crippen molar-refractivity contribution in [2.75, 3.05) is 13.7 Å². The average Bonchev–Trinajstić information content (AvgIpc) is 2.54. The molecule has 0 aromatic heterocycles. The second-order valence-corrected chi connectivity index (χ2v) is 5.61. The molecule has 0 radical (unpaired) electrons. The first kappa shape index (κ1) is 15.7. The van der Waals surface area contributed by atoms with Gasteiger partial charge in [-0.05, 0) is 44.4 Å². The fourth-order valence-corrected chi connectivity index (χ4v) is 2.89. The van der Waals surface area contributed by atoms with E-state index in [9.17, 15) is 5.26 Å². The molecule has 1 aromatic carbocycles. The molecule has 2 rings (SSSR count). The number of rotatable bonds is 6. The molecule has 1 N–H and O–H groups in total. The monoisotopic (exact) mass is 288 g/mol. The quantitative estimate of drug-likeness (QED) is 0.873. The summed E-state index contributed by atoms with van der Waals surface area (Å²) < 4.78 is 11.4. The van der Waals surface area contributed by atoms with Crippen LogP contribution < -0.4 is 14.8 Å². The Hall–Kier alpha value is -1.73. The van der Waals surface area contributed by atoms with Crippen LogP contribution in [0.1, 0.15) is 39.0 Å². The van der Waals surface area contributed by atoms with Crippen molar-refractivity contribution in [2.24, 2.45) is 0 Å². The summed E-state index contributed by atoms with van der Waals surface area (Å²) in [5, 5.41) is 13.0. The molecule has 0 bridgehead atoms. The van der Waals surface area contributed by atoms with Gasteiger partial charge >= 0.3 is 0 Å². The molecule has 114 valence electrons. The molecule has 1 fully saturated rings. The number of ether oxygens (including phenoxy) is 2. The van der Waals surface area contributed by atoms with Gasteiger partial charge in [0.2, 0.25) is 0 Å². The van der Waals surface area contributed by atoms with E-state index in [1.165, 1.54) is 0 Å². The van der Waals surface area contributed by atoms with Crippen LogP contribution >= 0.6 is 0 Å². The Labute approximate surface area is 127 Å². The van der Waals surface area contributed by atoms with Gasteiger partial charge < -0.3 is 9.47 Å². The summed E-state index contributed by atoms with van der Waals surface area (Å²) >= 11 is 0. The Balaban J connectivity index is 2.05. The molecule has 4 nitrogen and oxygen atoms in total. The maximum Gasteiger partial charge on any atom is 0.161 e. The summed E-state index contributed by atoms with van der Waals surface area (Å²) in [6.07, 6.45) is 4.69. The number of hydrogen-bond acceptors (Lipinski definition) is 4. The molecular formula is C17H24N2O2. The molecule has 1 aliphatic rings. The number of hydrogen-bond donors (Lipinski definition) is 1. The molecule has 2 unspecified atom stereocenters. The van der Waals surface area contributed by atoms with Crippen LogP contribution in [0.3, 0.4) is 0 Å². The van der Waals surface area contributed by atoms with Crippen molar-refractivity contribution in [3.8, 4) is 17.6 Å². The van der Waals surface area contributed by atoms with Gasteiger partial charge in [0.1, 0.15) is 11.6 Å². The highest BCUT2D eigenvalue weighted by atomic mass is 16.5. The first-order valence-electron chi connectivity index (χ1n) is 7.69. The molecule has 0 heterocycles. The highest BCUT2D eigenvalue weighted by Crippen LogP contribution is 2.34. The van der Waals surface area contributed by atoms with Crippen LogP contribution in [0.25, 0.3) is 0 Å². The number of methoxy groups -OCH3 is 1. The summed E-state index contributed by atoms with van der Waals surface area (Å²) in [4.78, 5) is 0. The van der Waals surface area contributed by atoms with Crippen LogP contribution in [0.2, 0.25) is 0 Å². The van der Waals surface area contributed by atoms with Gasteiger partial charge in [0, 0.05) is 6.42 Å². The lowest BCUT2D eigenvalue weighted by Gasteiger charge is -2.36. The van der Waals surface area contributed by atoms with E-state index in [1.54, 1.807) is 7.11 Å². The van der Waals surface area contributed by atoms with E-state index in [0.29, 0.717) is 0 Å². The molecule has 0 amide bonds. The van der Waals surface area contributed by atoms with Crippen LogP contribution in [-0.4, -0.2) is 25.3 Å². The van der Waals surface area contributed by atoms with Gasteiger partial charge in [-0.2, -0.15) is 5.26 Å². The predicted octanol–water partition coefficient (Wildman–Crippen LogP) is 3.28. The van der Waals surface area contributed by atoms with Crippen molar-refractivity contribution < 1.29 is 9.47 Å². The van der Waals surface area contributed by atoms with Gasteiger partial charge in [0.05, 0.1) is 13.2 Å². The zero-order valence-electron chi connectivity index (χ0n) is 12.9. The summed E-state index contributed by atoms with van der Waals surface area (Å²) in [7, 11) is 1.64. The number of nitriles is 1. The molecule has 4 heteroatoms. The first-order chi connectivity index (χ1) is 10.2. The van der Waals surface area contributed by atoms with E-state index in [1.807, 2.05) is 24.3 Å². The van der Waals surface area contributed by atoms with Crippen molar-refractivity contribution in [1.82, 2.24) is 5.32 Å². The second-order valence-electron chi connectivity index (χ2n) is 5.61. The summed E-state index contributed by atoms with van der Waals surface area (Å²) in [6, 6.07) is 10.1. The number of para-hydroxylation sites is 2.